The highest BCUT2D eigenvalue weighted by Gasteiger charge is 1.89. The summed E-state index contributed by atoms with van der Waals surface area (Å²) in [5.74, 6) is 2.94. The van der Waals surface area contributed by atoms with Crippen molar-refractivity contribution in [2.75, 3.05) is 5.73 Å². The highest BCUT2D eigenvalue weighted by atomic mass is 127. The van der Waals surface area contributed by atoms with Crippen molar-refractivity contribution in [3.8, 4) is 11.2 Å². The summed E-state index contributed by atoms with van der Waals surface area (Å²) < 4.78 is 0. The van der Waals surface area contributed by atoms with Crippen molar-refractivity contribution in [1.29, 1.82) is 0 Å². The van der Waals surface area contributed by atoms with E-state index < -0.39 is 0 Å². The molecule has 11 heavy (non-hydrogen) atoms. The first-order valence-corrected chi connectivity index (χ1v) is 6.33. The zero-order valence-corrected chi connectivity index (χ0v) is 8.65. The molecule has 0 heterocycles. The van der Waals surface area contributed by atoms with Gasteiger partial charge in [-0.1, -0.05) is 18.1 Å². The highest BCUT2D eigenvalue weighted by Crippen LogP contribution is 2.11. The summed E-state index contributed by atoms with van der Waals surface area (Å²) in [6.45, 7) is 0. The van der Waals surface area contributed by atoms with Gasteiger partial charge in [-0.2, -0.15) is 0 Å². The Kier molecular flexibility index (Phi) is 3.60. The van der Waals surface area contributed by atoms with Crippen molar-refractivity contribution in [2.45, 2.75) is 0 Å². The minimum Gasteiger partial charge on any atom is -0.398 e. The fraction of sp³-hybridized carbons (Fsp3) is 0. The SMILES string of the molecule is Nc1ccccc1C#CSI. The van der Waals surface area contributed by atoms with Crippen molar-refractivity contribution in [1.82, 2.24) is 0 Å². The van der Waals surface area contributed by atoms with Gasteiger partial charge in [0, 0.05) is 32.5 Å². The van der Waals surface area contributed by atoms with Gasteiger partial charge >= 0.3 is 0 Å². The van der Waals surface area contributed by atoms with Crippen LogP contribution in [0.1, 0.15) is 5.56 Å². The molecule has 0 radical (unpaired) electrons. The molecule has 0 saturated heterocycles. The predicted molar refractivity (Wildman–Crippen MR) is 59.3 cm³/mol. The second-order valence-corrected chi connectivity index (χ2v) is 3.57. The van der Waals surface area contributed by atoms with Crippen LogP contribution in [0.5, 0.6) is 0 Å². The first kappa shape index (κ1) is 8.75. The van der Waals surface area contributed by atoms with Crippen LogP contribution in [0.15, 0.2) is 24.3 Å². The fourth-order valence-electron chi connectivity index (χ4n) is 0.685. The lowest BCUT2D eigenvalue weighted by Gasteiger charge is -1.93. The van der Waals surface area contributed by atoms with Crippen LogP contribution in [-0.4, -0.2) is 0 Å². The maximum absolute atomic E-state index is 5.65. The number of hydrogen-bond donors (Lipinski definition) is 1. The lowest BCUT2D eigenvalue weighted by atomic mass is 10.2. The fourth-order valence-corrected chi connectivity index (χ4v) is 1.16. The van der Waals surface area contributed by atoms with Crippen LogP contribution in [0.25, 0.3) is 0 Å². The maximum Gasteiger partial charge on any atom is 0.0484 e. The molecule has 0 bridgehead atoms. The van der Waals surface area contributed by atoms with Crippen LogP contribution >= 0.6 is 30.1 Å². The standard InChI is InChI=1S/C8H6INS/c9-11-6-5-7-3-1-2-4-8(7)10/h1-4H,10H2. The second-order valence-electron chi connectivity index (χ2n) is 1.89. The predicted octanol–water partition coefficient (Wildman–Crippen LogP) is 2.66. The zero-order chi connectivity index (χ0) is 8.10. The Balaban J connectivity index is 2.95. The zero-order valence-electron chi connectivity index (χ0n) is 5.67. The monoisotopic (exact) mass is 275 g/mol. The molecule has 0 aliphatic rings. The Labute approximate surface area is 82.3 Å². The number of halogens is 1. The molecule has 0 aromatic heterocycles. The van der Waals surface area contributed by atoms with Gasteiger partial charge in [0.15, 0.2) is 0 Å². The van der Waals surface area contributed by atoms with Gasteiger partial charge in [0.2, 0.25) is 0 Å². The Hall–Kier alpha value is -0.340. The smallest absolute Gasteiger partial charge is 0.0484 e. The molecule has 56 valence electrons. The van der Waals surface area contributed by atoms with Crippen LogP contribution < -0.4 is 5.73 Å². The van der Waals surface area contributed by atoms with Crippen molar-refractivity contribution in [3.63, 3.8) is 0 Å². The summed E-state index contributed by atoms with van der Waals surface area (Å²) in [5, 5.41) is 2.88. The van der Waals surface area contributed by atoms with Gasteiger partial charge in [0.25, 0.3) is 0 Å². The van der Waals surface area contributed by atoms with E-state index in [2.05, 4.69) is 32.4 Å². The molecular weight excluding hydrogens is 269 g/mol. The third kappa shape index (κ3) is 2.64. The molecule has 0 aliphatic carbocycles. The van der Waals surface area contributed by atoms with Crippen molar-refractivity contribution >= 4 is 35.8 Å². The van der Waals surface area contributed by atoms with Crippen LogP contribution in [0.2, 0.25) is 0 Å². The number of hydrogen-bond acceptors (Lipinski definition) is 2. The summed E-state index contributed by atoms with van der Waals surface area (Å²) in [4.78, 5) is 0. The molecule has 1 aromatic rings. The van der Waals surface area contributed by atoms with Gasteiger partial charge in [0.1, 0.15) is 0 Å². The molecular formula is C8H6INS. The minimum absolute atomic E-state index is 0.741. The van der Waals surface area contributed by atoms with E-state index in [1.165, 1.54) is 8.93 Å². The number of para-hydroxylation sites is 1. The van der Waals surface area contributed by atoms with Gasteiger partial charge < -0.3 is 5.73 Å². The maximum atomic E-state index is 5.65. The Morgan fingerprint density at radius 3 is 2.73 bits per heavy atom. The van der Waals surface area contributed by atoms with E-state index in [1.807, 2.05) is 24.3 Å². The number of nitrogen functional groups attached to an aromatic ring is 1. The molecule has 0 saturated carbocycles. The first-order valence-electron chi connectivity index (χ1n) is 2.97. The minimum atomic E-state index is 0.741. The van der Waals surface area contributed by atoms with E-state index in [4.69, 9.17) is 5.73 Å². The van der Waals surface area contributed by atoms with Crippen LogP contribution in [-0.2, 0) is 0 Å². The summed E-state index contributed by atoms with van der Waals surface area (Å²) in [6.07, 6.45) is 0. The molecule has 1 nitrogen and oxygen atoms in total. The number of nitrogens with two attached hydrogens (primary N) is 1. The lowest BCUT2D eigenvalue weighted by Crippen LogP contribution is -1.87. The molecule has 0 unspecified atom stereocenters. The average molecular weight is 275 g/mol. The molecule has 0 fully saturated rings. The van der Waals surface area contributed by atoms with Gasteiger partial charge in [-0.15, -0.1) is 0 Å². The topological polar surface area (TPSA) is 26.0 Å². The van der Waals surface area contributed by atoms with Gasteiger partial charge in [0.05, 0.1) is 0 Å². The van der Waals surface area contributed by atoms with Gasteiger partial charge in [-0.05, 0) is 26.3 Å². The van der Waals surface area contributed by atoms with Crippen molar-refractivity contribution in [2.24, 2.45) is 0 Å². The first-order chi connectivity index (χ1) is 5.34. The number of anilines is 1. The van der Waals surface area contributed by atoms with Crippen molar-refractivity contribution in [3.05, 3.63) is 29.8 Å². The van der Waals surface area contributed by atoms with E-state index in [1.54, 1.807) is 0 Å². The quantitative estimate of drug-likeness (QED) is 0.447. The number of benzene rings is 1. The Morgan fingerprint density at radius 2 is 2.09 bits per heavy atom. The van der Waals surface area contributed by atoms with E-state index >= 15 is 0 Å². The molecule has 1 aromatic carbocycles. The van der Waals surface area contributed by atoms with Crippen LogP contribution in [0, 0.1) is 11.2 Å². The third-order valence-corrected chi connectivity index (χ3v) is 2.02. The largest absolute Gasteiger partial charge is 0.398 e. The third-order valence-electron chi connectivity index (χ3n) is 1.19. The molecule has 0 aliphatic heterocycles. The Morgan fingerprint density at radius 1 is 1.36 bits per heavy atom. The highest BCUT2D eigenvalue weighted by molar-refractivity contribution is 14.2. The average Bonchev–Trinajstić information content (AvgIpc) is 2.03. The molecule has 0 amide bonds. The van der Waals surface area contributed by atoms with E-state index in [-0.39, 0.29) is 0 Å². The molecule has 2 N–H and O–H groups in total. The molecule has 3 heteroatoms. The Bertz CT molecular complexity index is 300. The molecule has 0 atom stereocenters. The summed E-state index contributed by atoms with van der Waals surface area (Å²) in [6, 6.07) is 7.59. The summed E-state index contributed by atoms with van der Waals surface area (Å²) in [7, 11) is 1.46. The lowest BCUT2D eigenvalue weighted by molar-refractivity contribution is 1.63. The van der Waals surface area contributed by atoms with Crippen molar-refractivity contribution < 1.29 is 0 Å². The van der Waals surface area contributed by atoms with E-state index in [0.717, 1.165) is 11.3 Å². The molecule has 0 spiro atoms. The normalized spacial score (nSPS) is 8.45. The molecule has 1 rings (SSSR count). The van der Waals surface area contributed by atoms with Gasteiger partial charge in [-0.3, -0.25) is 0 Å². The van der Waals surface area contributed by atoms with Crippen LogP contribution in [0.3, 0.4) is 0 Å². The second kappa shape index (κ2) is 4.52. The van der Waals surface area contributed by atoms with E-state index in [0.29, 0.717) is 0 Å². The number of rotatable bonds is 0. The van der Waals surface area contributed by atoms with E-state index in [9.17, 15) is 0 Å². The summed E-state index contributed by atoms with van der Waals surface area (Å²) >= 11 is 2.13. The van der Waals surface area contributed by atoms with Crippen LogP contribution in [0.4, 0.5) is 5.69 Å². The van der Waals surface area contributed by atoms with Gasteiger partial charge in [-0.25, -0.2) is 0 Å². The summed E-state index contributed by atoms with van der Waals surface area (Å²) in [5.41, 5.74) is 7.29.